The summed E-state index contributed by atoms with van der Waals surface area (Å²) in [6.07, 6.45) is 6.51. The number of rotatable bonds is 6. The molecule has 1 aliphatic carbocycles. The normalized spacial score (nSPS) is 16.0. The van der Waals surface area contributed by atoms with Gasteiger partial charge in [0.2, 0.25) is 0 Å². The van der Waals surface area contributed by atoms with E-state index in [4.69, 9.17) is 0 Å². The van der Waals surface area contributed by atoms with Gasteiger partial charge in [-0.15, -0.1) is 0 Å². The van der Waals surface area contributed by atoms with Crippen molar-refractivity contribution in [2.45, 2.75) is 65.5 Å². The summed E-state index contributed by atoms with van der Waals surface area (Å²) in [5, 5.41) is 3.65. The average Bonchev–Trinajstić information content (AvgIpc) is 2.81. The highest BCUT2D eigenvalue weighted by atomic mass is 14.9. The molecule has 2 rings (SSSR count). The molecule has 1 aromatic rings. The molecule has 0 aliphatic heterocycles. The fourth-order valence-corrected chi connectivity index (χ4v) is 2.71. The fourth-order valence-electron chi connectivity index (χ4n) is 2.71. The van der Waals surface area contributed by atoms with E-state index < -0.39 is 0 Å². The largest absolute Gasteiger partial charge is 0.310 e. The van der Waals surface area contributed by atoms with Gasteiger partial charge in [0.15, 0.2) is 0 Å². The Balaban J connectivity index is 1.79. The molecule has 0 radical (unpaired) electrons. The van der Waals surface area contributed by atoms with Crippen LogP contribution in [0.5, 0.6) is 0 Å². The number of benzene rings is 1. The molecule has 1 atom stereocenters. The number of nitrogens with one attached hydrogen (secondary N) is 1. The Labute approximate surface area is 112 Å². The van der Waals surface area contributed by atoms with Gasteiger partial charge in [-0.1, -0.05) is 32.0 Å². The Morgan fingerprint density at radius 1 is 1.06 bits per heavy atom. The number of fused-ring (bicyclic) bond motifs is 1. The molecule has 0 saturated carbocycles. The molecule has 1 aromatic carbocycles. The molecule has 1 nitrogen and oxygen atoms in total. The summed E-state index contributed by atoms with van der Waals surface area (Å²) in [5.74, 6) is 0.814. The number of aryl methyl sites for hydroxylation is 2. The van der Waals surface area contributed by atoms with Crippen LogP contribution in [0.25, 0.3) is 0 Å². The van der Waals surface area contributed by atoms with E-state index in [1.165, 1.54) is 37.7 Å². The SMILES string of the molecule is CC(C)CCC(C)NCc1ccc2c(c1)CCC2. The van der Waals surface area contributed by atoms with E-state index in [0.717, 1.165) is 12.5 Å². The van der Waals surface area contributed by atoms with Crippen molar-refractivity contribution in [3.63, 3.8) is 0 Å². The Kier molecular flexibility index (Phi) is 4.82. The Morgan fingerprint density at radius 2 is 1.83 bits per heavy atom. The highest BCUT2D eigenvalue weighted by Gasteiger charge is 2.11. The lowest BCUT2D eigenvalue weighted by molar-refractivity contribution is 0.450. The molecule has 1 N–H and O–H groups in total. The van der Waals surface area contributed by atoms with Gasteiger partial charge in [0.1, 0.15) is 0 Å². The summed E-state index contributed by atoms with van der Waals surface area (Å²) < 4.78 is 0. The summed E-state index contributed by atoms with van der Waals surface area (Å²) in [4.78, 5) is 0. The predicted octanol–water partition coefficient (Wildman–Crippen LogP) is 4.09. The Morgan fingerprint density at radius 3 is 2.61 bits per heavy atom. The zero-order valence-corrected chi connectivity index (χ0v) is 12.1. The van der Waals surface area contributed by atoms with E-state index >= 15 is 0 Å². The average molecular weight is 245 g/mol. The second-order valence-corrected chi connectivity index (χ2v) is 6.21. The molecule has 0 bridgehead atoms. The highest BCUT2D eigenvalue weighted by molar-refractivity contribution is 5.35. The van der Waals surface area contributed by atoms with Crippen LogP contribution in [-0.4, -0.2) is 6.04 Å². The van der Waals surface area contributed by atoms with Crippen molar-refractivity contribution in [2.24, 2.45) is 5.92 Å². The van der Waals surface area contributed by atoms with Gasteiger partial charge in [0.05, 0.1) is 0 Å². The fraction of sp³-hybridized carbons (Fsp3) is 0.647. The second kappa shape index (κ2) is 6.38. The lowest BCUT2D eigenvalue weighted by atomic mass is 10.0. The van der Waals surface area contributed by atoms with Crippen molar-refractivity contribution in [1.82, 2.24) is 5.32 Å². The van der Waals surface area contributed by atoms with E-state index in [0.29, 0.717) is 6.04 Å². The zero-order chi connectivity index (χ0) is 13.0. The zero-order valence-electron chi connectivity index (χ0n) is 12.1. The molecule has 0 saturated heterocycles. The van der Waals surface area contributed by atoms with Gasteiger partial charge in [-0.3, -0.25) is 0 Å². The van der Waals surface area contributed by atoms with Gasteiger partial charge < -0.3 is 5.32 Å². The highest BCUT2D eigenvalue weighted by Crippen LogP contribution is 2.22. The second-order valence-electron chi connectivity index (χ2n) is 6.21. The van der Waals surface area contributed by atoms with Crippen molar-refractivity contribution in [3.8, 4) is 0 Å². The molecule has 1 aliphatic rings. The molecular formula is C17H27N. The first-order valence-electron chi connectivity index (χ1n) is 7.49. The molecule has 18 heavy (non-hydrogen) atoms. The molecule has 0 heterocycles. The Hall–Kier alpha value is -0.820. The third kappa shape index (κ3) is 3.84. The first kappa shape index (κ1) is 13.6. The molecule has 0 aromatic heterocycles. The van der Waals surface area contributed by atoms with Gasteiger partial charge in [0, 0.05) is 12.6 Å². The molecular weight excluding hydrogens is 218 g/mol. The molecule has 1 unspecified atom stereocenters. The van der Waals surface area contributed by atoms with Crippen LogP contribution in [0.15, 0.2) is 18.2 Å². The minimum Gasteiger partial charge on any atom is -0.310 e. The van der Waals surface area contributed by atoms with Crippen LogP contribution in [0.2, 0.25) is 0 Å². The van der Waals surface area contributed by atoms with Crippen molar-refractivity contribution in [3.05, 3.63) is 34.9 Å². The van der Waals surface area contributed by atoms with Crippen LogP contribution in [0, 0.1) is 5.92 Å². The smallest absolute Gasteiger partial charge is 0.0208 e. The van der Waals surface area contributed by atoms with Crippen LogP contribution >= 0.6 is 0 Å². The topological polar surface area (TPSA) is 12.0 Å². The van der Waals surface area contributed by atoms with E-state index in [1.807, 2.05) is 0 Å². The van der Waals surface area contributed by atoms with Crippen molar-refractivity contribution >= 4 is 0 Å². The molecule has 100 valence electrons. The van der Waals surface area contributed by atoms with Gasteiger partial charge in [0.25, 0.3) is 0 Å². The lowest BCUT2D eigenvalue weighted by Gasteiger charge is -2.15. The van der Waals surface area contributed by atoms with Gasteiger partial charge in [-0.2, -0.15) is 0 Å². The minimum atomic E-state index is 0.626. The first-order chi connectivity index (χ1) is 8.65. The molecule has 1 heteroatoms. The standard InChI is InChI=1S/C17H27N/c1-13(2)7-8-14(3)18-12-15-9-10-16-5-4-6-17(16)11-15/h9-11,13-14,18H,4-8,12H2,1-3H3. The summed E-state index contributed by atoms with van der Waals surface area (Å²) in [7, 11) is 0. The maximum atomic E-state index is 3.65. The molecule has 0 spiro atoms. The lowest BCUT2D eigenvalue weighted by Crippen LogP contribution is -2.25. The van der Waals surface area contributed by atoms with Crippen LogP contribution in [0.1, 0.15) is 56.7 Å². The van der Waals surface area contributed by atoms with Crippen molar-refractivity contribution < 1.29 is 0 Å². The van der Waals surface area contributed by atoms with Gasteiger partial charge in [-0.25, -0.2) is 0 Å². The summed E-state index contributed by atoms with van der Waals surface area (Å²) in [5.41, 5.74) is 4.61. The third-order valence-electron chi connectivity index (χ3n) is 3.99. The van der Waals surface area contributed by atoms with Crippen molar-refractivity contribution in [1.29, 1.82) is 0 Å². The summed E-state index contributed by atoms with van der Waals surface area (Å²) in [6.45, 7) is 7.92. The maximum Gasteiger partial charge on any atom is 0.0208 e. The molecule has 0 fully saturated rings. The van der Waals surface area contributed by atoms with Gasteiger partial charge in [-0.05, 0) is 61.6 Å². The molecule has 0 amide bonds. The van der Waals surface area contributed by atoms with Crippen LogP contribution in [0.3, 0.4) is 0 Å². The van der Waals surface area contributed by atoms with Crippen LogP contribution in [0.4, 0.5) is 0 Å². The maximum absolute atomic E-state index is 3.65. The van der Waals surface area contributed by atoms with E-state index in [2.05, 4.69) is 44.3 Å². The number of hydrogen-bond donors (Lipinski definition) is 1. The van der Waals surface area contributed by atoms with Gasteiger partial charge >= 0.3 is 0 Å². The summed E-state index contributed by atoms with van der Waals surface area (Å²) in [6, 6.07) is 7.66. The predicted molar refractivity (Wildman–Crippen MR) is 78.8 cm³/mol. The summed E-state index contributed by atoms with van der Waals surface area (Å²) >= 11 is 0. The monoisotopic (exact) mass is 245 g/mol. The quantitative estimate of drug-likeness (QED) is 0.796. The van der Waals surface area contributed by atoms with E-state index in [1.54, 1.807) is 11.1 Å². The van der Waals surface area contributed by atoms with Crippen LogP contribution < -0.4 is 5.32 Å². The number of hydrogen-bond acceptors (Lipinski definition) is 1. The third-order valence-corrected chi connectivity index (χ3v) is 3.99. The van der Waals surface area contributed by atoms with E-state index in [9.17, 15) is 0 Å². The van der Waals surface area contributed by atoms with Crippen LogP contribution in [-0.2, 0) is 19.4 Å². The minimum absolute atomic E-state index is 0.626. The van der Waals surface area contributed by atoms with E-state index in [-0.39, 0.29) is 0 Å². The Bertz CT molecular complexity index is 381. The van der Waals surface area contributed by atoms with Crippen molar-refractivity contribution in [2.75, 3.05) is 0 Å². The first-order valence-corrected chi connectivity index (χ1v) is 7.49.